The van der Waals surface area contributed by atoms with Gasteiger partial charge in [0.05, 0.1) is 0 Å². The highest BCUT2D eigenvalue weighted by Crippen LogP contribution is 1.99. The molecule has 6 nitrogen and oxygen atoms in total. The van der Waals surface area contributed by atoms with Gasteiger partial charge < -0.3 is 22.3 Å². The van der Waals surface area contributed by atoms with Crippen molar-refractivity contribution in [1.29, 1.82) is 0 Å². The lowest BCUT2D eigenvalue weighted by Crippen LogP contribution is -2.29. The molecule has 7 N–H and O–H groups in total. The van der Waals surface area contributed by atoms with Crippen LogP contribution in [0.5, 0.6) is 0 Å². The highest BCUT2D eigenvalue weighted by Gasteiger charge is 2.09. The molecule has 0 radical (unpaired) electrons. The molecule has 0 aromatic heterocycles. The third-order valence-corrected chi connectivity index (χ3v) is 1.10. The third kappa shape index (κ3) is 9.08. The van der Waals surface area contributed by atoms with Crippen molar-refractivity contribution >= 4 is 24.3 Å². The standard InChI is InChI=1S/C7H16N4O2.ClH/c8-5(6(12)13)3-1-2-4-11-7(9)10;/h5H,1-4,8H2,(H,12,13)(H4,9,10,11);1H/t5-;/m1./s1/i1D2,2D2;. The summed E-state index contributed by atoms with van der Waals surface area (Å²) in [6, 6.07) is -1.49. The van der Waals surface area contributed by atoms with E-state index in [1.165, 1.54) is 0 Å². The predicted octanol–water partition coefficient (Wildman–Crippen LogP) is -0.736. The lowest BCUT2D eigenvalue weighted by molar-refractivity contribution is -0.138. The van der Waals surface area contributed by atoms with Gasteiger partial charge in [0.2, 0.25) is 0 Å². The van der Waals surface area contributed by atoms with E-state index in [1.807, 2.05) is 0 Å². The van der Waals surface area contributed by atoms with Crippen LogP contribution < -0.4 is 17.2 Å². The van der Waals surface area contributed by atoms with Gasteiger partial charge in [-0.25, -0.2) is 0 Å². The minimum atomic E-state index is -2.45. The molecule has 0 spiro atoms. The number of carboxylic acid groups (broad SMARTS) is 1. The van der Waals surface area contributed by atoms with Crippen LogP contribution in [0.2, 0.25) is 0 Å². The first-order valence-electron chi connectivity index (χ1n) is 5.53. The van der Waals surface area contributed by atoms with E-state index in [1.54, 1.807) is 0 Å². The molecule has 0 aliphatic heterocycles. The quantitative estimate of drug-likeness (QED) is 0.352. The zero-order valence-corrected chi connectivity index (χ0v) is 8.25. The van der Waals surface area contributed by atoms with Crippen molar-refractivity contribution in [2.75, 3.05) is 6.54 Å². The van der Waals surface area contributed by atoms with E-state index >= 15 is 0 Å². The number of halogens is 1. The van der Waals surface area contributed by atoms with Crippen LogP contribution in [0.15, 0.2) is 4.99 Å². The normalized spacial score (nSPS) is 17.5. The fourth-order valence-electron chi connectivity index (χ4n) is 0.456. The number of hydrogen-bond donors (Lipinski definition) is 4. The average molecular weight is 229 g/mol. The summed E-state index contributed by atoms with van der Waals surface area (Å²) >= 11 is 0. The molecule has 0 heterocycles. The maximum Gasteiger partial charge on any atom is 0.320 e. The lowest BCUT2D eigenvalue weighted by atomic mass is 10.1. The molecule has 0 aromatic carbocycles. The van der Waals surface area contributed by atoms with E-state index in [0.29, 0.717) is 0 Å². The number of nitrogens with zero attached hydrogens (tertiary/aromatic N) is 1. The molecule has 1 atom stereocenters. The van der Waals surface area contributed by atoms with Gasteiger partial charge in [-0.1, -0.05) is 0 Å². The minimum absolute atomic E-state index is 0. The van der Waals surface area contributed by atoms with E-state index in [2.05, 4.69) is 4.99 Å². The van der Waals surface area contributed by atoms with Crippen LogP contribution in [0.1, 0.15) is 24.6 Å². The van der Waals surface area contributed by atoms with E-state index in [9.17, 15) is 4.79 Å². The topological polar surface area (TPSA) is 128 Å². The molecular formula is C7H17ClN4O2. The molecule has 7 heteroatoms. The number of hydrogen-bond acceptors (Lipinski definition) is 3. The Balaban J connectivity index is 0. The smallest absolute Gasteiger partial charge is 0.320 e. The molecule has 0 bridgehead atoms. The van der Waals surface area contributed by atoms with Gasteiger partial charge in [0, 0.05) is 12.0 Å². The Kier molecular flexibility index (Phi) is 5.09. The maximum absolute atomic E-state index is 10.5. The second-order valence-corrected chi connectivity index (χ2v) is 2.24. The zero-order valence-electron chi connectivity index (χ0n) is 11.4. The number of guanidine groups is 1. The van der Waals surface area contributed by atoms with Gasteiger partial charge in [0.25, 0.3) is 0 Å². The first kappa shape index (κ1) is 8.31. The van der Waals surface area contributed by atoms with Gasteiger partial charge in [-0.05, 0) is 19.2 Å². The van der Waals surface area contributed by atoms with Crippen molar-refractivity contribution in [2.24, 2.45) is 22.2 Å². The SMILES string of the molecule is Cl.[2H]C([2H])(CN=C(N)N)C([2H])([2H])C[C@@H](N)C(=O)O. The van der Waals surface area contributed by atoms with Gasteiger partial charge >= 0.3 is 5.97 Å². The largest absolute Gasteiger partial charge is 0.480 e. The summed E-state index contributed by atoms with van der Waals surface area (Å²) in [4.78, 5) is 13.9. The Morgan fingerprint density at radius 2 is 2.07 bits per heavy atom. The average Bonchev–Trinajstić information content (AvgIpc) is 2.13. The van der Waals surface area contributed by atoms with E-state index < -0.39 is 37.7 Å². The Morgan fingerprint density at radius 3 is 2.50 bits per heavy atom. The molecule has 0 aromatic rings. The molecule has 0 rings (SSSR count). The van der Waals surface area contributed by atoms with Crippen molar-refractivity contribution in [2.45, 2.75) is 25.2 Å². The highest BCUT2D eigenvalue weighted by molar-refractivity contribution is 5.85. The molecule has 14 heavy (non-hydrogen) atoms. The van der Waals surface area contributed by atoms with Gasteiger partial charge in [-0.3, -0.25) is 9.79 Å². The van der Waals surface area contributed by atoms with Crippen molar-refractivity contribution in [3.8, 4) is 0 Å². The van der Waals surface area contributed by atoms with Crippen molar-refractivity contribution in [3.63, 3.8) is 0 Å². The number of aliphatic carboxylic acids is 1. The van der Waals surface area contributed by atoms with Gasteiger partial charge in [-0.2, -0.15) is 0 Å². The minimum Gasteiger partial charge on any atom is -0.480 e. The summed E-state index contributed by atoms with van der Waals surface area (Å²) in [6.07, 6.45) is -5.54. The second-order valence-electron chi connectivity index (χ2n) is 2.24. The summed E-state index contributed by atoms with van der Waals surface area (Å²) in [7, 11) is 0. The Hall–Kier alpha value is -1.01. The Morgan fingerprint density at radius 1 is 1.50 bits per heavy atom. The van der Waals surface area contributed by atoms with Crippen LogP contribution in [0.4, 0.5) is 0 Å². The molecule has 0 unspecified atom stereocenters. The molecule has 0 saturated heterocycles. The fraction of sp³-hybridized carbons (Fsp3) is 0.714. The molecule has 0 aliphatic carbocycles. The highest BCUT2D eigenvalue weighted by atomic mass is 35.5. The second kappa shape index (κ2) is 8.58. The monoisotopic (exact) mass is 228 g/mol. The Bertz CT molecular complexity index is 323. The van der Waals surface area contributed by atoms with Crippen LogP contribution in [0.3, 0.4) is 0 Å². The molecule has 0 fully saturated rings. The number of aliphatic imine (C=N–C) groups is 1. The van der Waals surface area contributed by atoms with E-state index in [-0.39, 0.29) is 18.4 Å². The first-order chi connectivity index (χ1) is 7.49. The predicted molar refractivity (Wildman–Crippen MR) is 57.4 cm³/mol. The number of carbonyl (C=O) groups is 1. The van der Waals surface area contributed by atoms with Crippen molar-refractivity contribution < 1.29 is 15.4 Å². The van der Waals surface area contributed by atoms with Crippen LogP contribution in [0.25, 0.3) is 0 Å². The fourth-order valence-corrected chi connectivity index (χ4v) is 0.456. The number of carboxylic acids is 1. The number of nitrogens with two attached hydrogens (primary N) is 3. The van der Waals surface area contributed by atoms with Crippen LogP contribution >= 0.6 is 12.4 Å². The van der Waals surface area contributed by atoms with Crippen LogP contribution in [-0.4, -0.2) is 29.6 Å². The maximum atomic E-state index is 10.5. The van der Waals surface area contributed by atoms with Crippen molar-refractivity contribution in [1.82, 2.24) is 0 Å². The van der Waals surface area contributed by atoms with E-state index in [0.717, 1.165) is 0 Å². The molecule has 0 amide bonds. The summed E-state index contributed by atoms with van der Waals surface area (Å²) in [5, 5.41) is 8.55. The van der Waals surface area contributed by atoms with Crippen molar-refractivity contribution in [3.05, 3.63) is 0 Å². The number of rotatable bonds is 6. The van der Waals surface area contributed by atoms with Crippen LogP contribution in [-0.2, 0) is 4.79 Å². The molecule has 84 valence electrons. The summed E-state index contributed by atoms with van der Waals surface area (Å²) in [6.45, 7) is -0.603. The van der Waals surface area contributed by atoms with E-state index in [4.69, 9.17) is 27.8 Å². The molecule has 0 aliphatic rings. The molecular weight excluding hydrogens is 208 g/mol. The third-order valence-electron chi connectivity index (χ3n) is 1.10. The summed E-state index contributed by atoms with van der Waals surface area (Å²) < 4.78 is 30.0. The lowest BCUT2D eigenvalue weighted by Gasteiger charge is -2.04. The summed E-state index contributed by atoms with van der Waals surface area (Å²) in [5.74, 6) is -1.77. The van der Waals surface area contributed by atoms with Gasteiger partial charge in [0.15, 0.2) is 5.96 Å². The van der Waals surface area contributed by atoms with Gasteiger partial charge in [0.1, 0.15) is 6.04 Å². The zero-order chi connectivity index (χ0) is 13.9. The Labute approximate surface area is 94.6 Å². The van der Waals surface area contributed by atoms with Crippen LogP contribution in [0, 0.1) is 0 Å². The first-order valence-corrected chi connectivity index (χ1v) is 3.53. The van der Waals surface area contributed by atoms with Gasteiger partial charge in [-0.15, -0.1) is 12.4 Å². The summed E-state index contributed by atoms with van der Waals surface area (Å²) in [5.41, 5.74) is 15.2. The molecule has 0 saturated carbocycles.